The Morgan fingerprint density at radius 1 is 1.32 bits per heavy atom. The minimum absolute atomic E-state index is 0.202. The van der Waals surface area contributed by atoms with Crippen molar-refractivity contribution < 1.29 is 14.3 Å². The lowest BCUT2D eigenvalue weighted by Gasteiger charge is -2.29. The molecule has 1 fully saturated rings. The summed E-state index contributed by atoms with van der Waals surface area (Å²) in [6.07, 6.45) is 6.37. The number of nitrogens with one attached hydrogen (secondary N) is 1. The molecule has 0 aromatic rings. The molecule has 4 nitrogen and oxygen atoms in total. The minimum atomic E-state index is -0.327. The fourth-order valence-corrected chi connectivity index (χ4v) is 2.70. The van der Waals surface area contributed by atoms with Gasteiger partial charge in [-0.3, -0.25) is 4.79 Å². The van der Waals surface area contributed by atoms with E-state index < -0.39 is 0 Å². The van der Waals surface area contributed by atoms with E-state index in [2.05, 4.69) is 12.2 Å². The highest BCUT2D eigenvalue weighted by atomic mass is 16.5. The number of carbonyl (C=O) groups is 1. The van der Waals surface area contributed by atoms with Crippen molar-refractivity contribution in [2.75, 3.05) is 19.8 Å². The minimum Gasteiger partial charge on any atom is -0.465 e. The van der Waals surface area contributed by atoms with Gasteiger partial charge >= 0.3 is 5.97 Å². The molecule has 1 aliphatic rings. The van der Waals surface area contributed by atoms with Crippen LogP contribution in [0.4, 0.5) is 0 Å². The van der Waals surface area contributed by atoms with Crippen LogP contribution in [0.5, 0.6) is 0 Å². The molecule has 0 saturated heterocycles. The van der Waals surface area contributed by atoms with Crippen LogP contribution in [0.25, 0.3) is 0 Å². The lowest BCUT2D eigenvalue weighted by atomic mass is 9.85. The molecule has 19 heavy (non-hydrogen) atoms. The number of hydrogen-bond acceptors (Lipinski definition) is 4. The number of likely N-dealkylation sites (N-methyl/N-ethyl adjacent to an activating group) is 1. The van der Waals surface area contributed by atoms with Gasteiger partial charge in [0.1, 0.15) is 6.04 Å². The van der Waals surface area contributed by atoms with Crippen LogP contribution in [0.3, 0.4) is 0 Å². The molecule has 0 radical (unpaired) electrons. The molecule has 0 aromatic carbocycles. The number of ether oxygens (including phenoxy) is 2. The van der Waals surface area contributed by atoms with E-state index in [1.165, 1.54) is 19.3 Å². The molecule has 0 aromatic heterocycles. The van der Waals surface area contributed by atoms with Crippen molar-refractivity contribution in [1.82, 2.24) is 5.32 Å². The van der Waals surface area contributed by atoms with Crippen molar-refractivity contribution >= 4 is 5.97 Å². The lowest BCUT2D eigenvalue weighted by Crippen LogP contribution is -2.43. The van der Waals surface area contributed by atoms with Gasteiger partial charge in [-0.25, -0.2) is 0 Å². The second kappa shape index (κ2) is 9.32. The molecule has 0 aliphatic heterocycles. The number of esters is 1. The summed E-state index contributed by atoms with van der Waals surface area (Å²) < 4.78 is 11.0. The van der Waals surface area contributed by atoms with Crippen LogP contribution in [0, 0.1) is 5.92 Å². The molecule has 4 heteroatoms. The van der Waals surface area contributed by atoms with Gasteiger partial charge in [0, 0.05) is 0 Å². The first-order chi connectivity index (χ1) is 9.21. The Labute approximate surface area is 117 Å². The Kier molecular flexibility index (Phi) is 8.07. The van der Waals surface area contributed by atoms with Gasteiger partial charge in [0.25, 0.3) is 0 Å². The molecule has 3 atom stereocenters. The summed E-state index contributed by atoms with van der Waals surface area (Å²) in [5.74, 6) is 0.589. The monoisotopic (exact) mass is 271 g/mol. The third-order valence-electron chi connectivity index (χ3n) is 3.83. The zero-order valence-corrected chi connectivity index (χ0v) is 12.6. The van der Waals surface area contributed by atoms with E-state index in [-0.39, 0.29) is 12.0 Å². The Morgan fingerprint density at radius 2 is 2.11 bits per heavy atom. The number of rotatable bonds is 8. The molecule has 0 spiro atoms. The van der Waals surface area contributed by atoms with Crippen molar-refractivity contribution in [1.29, 1.82) is 0 Å². The van der Waals surface area contributed by atoms with E-state index in [0.717, 1.165) is 25.3 Å². The highest BCUT2D eigenvalue weighted by Gasteiger charge is 2.24. The first kappa shape index (κ1) is 16.4. The van der Waals surface area contributed by atoms with E-state index in [1.807, 2.05) is 13.8 Å². The molecule has 1 rings (SSSR count). The van der Waals surface area contributed by atoms with Gasteiger partial charge in [-0.05, 0) is 32.2 Å². The Balaban J connectivity index is 2.35. The van der Waals surface area contributed by atoms with E-state index >= 15 is 0 Å². The first-order valence-electron chi connectivity index (χ1n) is 7.72. The second-order valence-electron chi connectivity index (χ2n) is 5.26. The van der Waals surface area contributed by atoms with Crippen LogP contribution >= 0.6 is 0 Å². The summed E-state index contributed by atoms with van der Waals surface area (Å²) in [4.78, 5) is 11.8. The van der Waals surface area contributed by atoms with Gasteiger partial charge in [0.2, 0.25) is 0 Å². The van der Waals surface area contributed by atoms with Gasteiger partial charge in [-0.1, -0.05) is 33.1 Å². The topological polar surface area (TPSA) is 47.6 Å². The van der Waals surface area contributed by atoms with E-state index in [1.54, 1.807) is 0 Å². The quantitative estimate of drug-likeness (QED) is 0.689. The molecule has 0 heterocycles. The molecular weight excluding hydrogens is 242 g/mol. The highest BCUT2D eigenvalue weighted by molar-refractivity contribution is 5.75. The summed E-state index contributed by atoms with van der Waals surface area (Å²) in [5.41, 5.74) is 0. The zero-order chi connectivity index (χ0) is 14.1. The normalized spacial score (nSPS) is 25.0. The second-order valence-corrected chi connectivity index (χ2v) is 5.26. The van der Waals surface area contributed by atoms with Crippen LogP contribution in [0.15, 0.2) is 0 Å². The third-order valence-corrected chi connectivity index (χ3v) is 3.83. The Morgan fingerprint density at radius 3 is 2.74 bits per heavy atom. The Hall–Kier alpha value is -0.610. The predicted molar refractivity (Wildman–Crippen MR) is 76.1 cm³/mol. The molecule has 1 aliphatic carbocycles. The van der Waals surface area contributed by atoms with Gasteiger partial charge in [-0.2, -0.15) is 0 Å². The zero-order valence-electron chi connectivity index (χ0n) is 12.6. The summed E-state index contributed by atoms with van der Waals surface area (Å²) >= 11 is 0. The van der Waals surface area contributed by atoms with E-state index in [9.17, 15) is 4.79 Å². The average molecular weight is 271 g/mol. The molecular formula is C15H29NO3. The van der Waals surface area contributed by atoms with Gasteiger partial charge in [0.15, 0.2) is 0 Å². The highest BCUT2D eigenvalue weighted by Crippen LogP contribution is 2.28. The third kappa shape index (κ3) is 5.91. The predicted octanol–water partition coefficient (Wildman–Crippen LogP) is 2.51. The first-order valence-corrected chi connectivity index (χ1v) is 7.72. The van der Waals surface area contributed by atoms with E-state index in [0.29, 0.717) is 19.3 Å². The van der Waals surface area contributed by atoms with Crippen LogP contribution < -0.4 is 5.32 Å². The van der Waals surface area contributed by atoms with Crippen LogP contribution in [0.1, 0.15) is 52.9 Å². The summed E-state index contributed by atoms with van der Waals surface area (Å²) in [6, 6.07) is -0.327. The largest absolute Gasteiger partial charge is 0.465 e. The number of hydrogen-bond donors (Lipinski definition) is 1. The molecule has 0 amide bonds. The van der Waals surface area contributed by atoms with Crippen molar-refractivity contribution in [2.24, 2.45) is 5.92 Å². The standard InChI is InChI=1S/C15H29NO3/c1-4-12-8-7-9-13(10-12)19-11-14(16-5-2)15(17)18-6-3/h12-14,16H,4-11H2,1-3H3. The maximum absolute atomic E-state index is 11.8. The molecule has 112 valence electrons. The van der Waals surface area contributed by atoms with E-state index in [4.69, 9.17) is 9.47 Å². The van der Waals surface area contributed by atoms with Crippen LogP contribution in [-0.2, 0) is 14.3 Å². The maximum Gasteiger partial charge on any atom is 0.325 e. The smallest absolute Gasteiger partial charge is 0.325 e. The molecule has 1 saturated carbocycles. The van der Waals surface area contributed by atoms with Gasteiger partial charge in [0.05, 0.1) is 19.3 Å². The van der Waals surface area contributed by atoms with Gasteiger partial charge in [-0.15, -0.1) is 0 Å². The Bertz CT molecular complexity index is 258. The summed E-state index contributed by atoms with van der Waals surface area (Å²) in [5, 5.41) is 3.13. The van der Waals surface area contributed by atoms with Crippen LogP contribution in [0.2, 0.25) is 0 Å². The molecule has 3 unspecified atom stereocenters. The average Bonchev–Trinajstić information content (AvgIpc) is 2.44. The number of carbonyl (C=O) groups excluding carboxylic acids is 1. The van der Waals surface area contributed by atoms with Gasteiger partial charge < -0.3 is 14.8 Å². The fourth-order valence-electron chi connectivity index (χ4n) is 2.70. The molecule has 0 bridgehead atoms. The van der Waals surface area contributed by atoms with Crippen molar-refractivity contribution in [2.45, 2.75) is 65.0 Å². The van der Waals surface area contributed by atoms with Crippen molar-refractivity contribution in [3.8, 4) is 0 Å². The van der Waals surface area contributed by atoms with Crippen molar-refractivity contribution in [3.63, 3.8) is 0 Å². The summed E-state index contributed by atoms with van der Waals surface area (Å²) in [6.45, 7) is 7.65. The SMILES string of the molecule is CCNC(COC1CCCC(CC)C1)C(=O)OCC. The lowest BCUT2D eigenvalue weighted by molar-refractivity contribution is -0.148. The maximum atomic E-state index is 11.8. The fraction of sp³-hybridized carbons (Fsp3) is 0.933. The molecule has 1 N–H and O–H groups in total. The summed E-state index contributed by atoms with van der Waals surface area (Å²) in [7, 11) is 0. The van der Waals surface area contributed by atoms with Crippen LogP contribution in [-0.4, -0.2) is 37.9 Å². The van der Waals surface area contributed by atoms with Crippen molar-refractivity contribution in [3.05, 3.63) is 0 Å².